The average molecular weight is 327 g/mol. The number of nitrogens with zero attached hydrogens (tertiary/aromatic N) is 2. The maximum atomic E-state index is 4.62. The number of hydrogen-bond acceptors (Lipinski definition) is 1. The van der Waals surface area contributed by atoms with Gasteiger partial charge < -0.3 is 0 Å². The second-order valence-electron chi connectivity index (χ2n) is 7.16. The van der Waals surface area contributed by atoms with Crippen LogP contribution in [0.3, 0.4) is 0 Å². The molecular formula is C23H23N2+. The van der Waals surface area contributed by atoms with Gasteiger partial charge in [-0.05, 0) is 42.8 Å². The predicted molar refractivity (Wildman–Crippen MR) is 107 cm³/mol. The molecule has 0 bridgehead atoms. The Morgan fingerprint density at radius 3 is 2.44 bits per heavy atom. The molecule has 0 atom stereocenters. The van der Waals surface area contributed by atoms with Crippen LogP contribution in [0.2, 0.25) is 0 Å². The smallest absolute Gasteiger partial charge is 0.209 e. The van der Waals surface area contributed by atoms with Gasteiger partial charge in [0.1, 0.15) is 7.05 Å². The summed E-state index contributed by atoms with van der Waals surface area (Å²) >= 11 is 0. The topological polar surface area (TPSA) is 15.4 Å². The molecule has 1 aliphatic heterocycles. The van der Waals surface area contributed by atoms with Crippen molar-refractivity contribution in [3.05, 3.63) is 72.3 Å². The second kappa shape index (κ2) is 5.96. The fraction of sp³-hybridized carbons (Fsp3) is 0.217. The molecule has 3 aromatic rings. The first-order valence-corrected chi connectivity index (χ1v) is 8.79. The SMILES string of the molecule is C[N+]1=C(CC=Nc2ccccc2)C(C)(C)c2c1ccc1ccccc21. The van der Waals surface area contributed by atoms with Gasteiger partial charge in [0.25, 0.3) is 0 Å². The van der Waals surface area contributed by atoms with E-state index in [9.17, 15) is 0 Å². The Hall–Kier alpha value is -2.74. The van der Waals surface area contributed by atoms with Crippen LogP contribution in [-0.2, 0) is 5.41 Å². The van der Waals surface area contributed by atoms with Crippen molar-refractivity contribution < 1.29 is 4.58 Å². The Morgan fingerprint density at radius 1 is 0.920 bits per heavy atom. The van der Waals surface area contributed by atoms with Crippen LogP contribution in [-0.4, -0.2) is 23.5 Å². The normalized spacial score (nSPS) is 16.0. The van der Waals surface area contributed by atoms with Crippen LogP contribution >= 0.6 is 0 Å². The van der Waals surface area contributed by atoms with E-state index >= 15 is 0 Å². The Labute approximate surface area is 149 Å². The first kappa shape index (κ1) is 15.8. The van der Waals surface area contributed by atoms with Gasteiger partial charge in [-0.15, -0.1) is 0 Å². The Bertz CT molecular complexity index is 995. The molecule has 2 heteroatoms. The van der Waals surface area contributed by atoms with Crippen molar-refractivity contribution in [2.24, 2.45) is 4.99 Å². The van der Waals surface area contributed by atoms with Crippen LogP contribution in [0.1, 0.15) is 25.8 Å². The van der Waals surface area contributed by atoms with Crippen LogP contribution < -0.4 is 0 Å². The molecule has 0 unspecified atom stereocenters. The summed E-state index contributed by atoms with van der Waals surface area (Å²) in [5.74, 6) is 0. The molecular weight excluding hydrogens is 304 g/mol. The Balaban J connectivity index is 1.73. The predicted octanol–water partition coefficient (Wildman–Crippen LogP) is 5.64. The lowest BCUT2D eigenvalue weighted by Crippen LogP contribution is -2.29. The first-order valence-electron chi connectivity index (χ1n) is 8.79. The zero-order chi connectivity index (χ0) is 17.4. The van der Waals surface area contributed by atoms with Gasteiger partial charge in [0, 0.05) is 17.8 Å². The van der Waals surface area contributed by atoms with E-state index in [0.717, 1.165) is 12.1 Å². The zero-order valence-electron chi connectivity index (χ0n) is 15.0. The number of benzene rings is 3. The van der Waals surface area contributed by atoms with Gasteiger partial charge in [-0.1, -0.05) is 42.5 Å². The fourth-order valence-electron chi connectivity index (χ4n) is 4.05. The number of hydrogen-bond donors (Lipinski definition) is 0. The summed E-state index contributed by atoms with van der Waals surface area (Å²) in [6.45, 7) is 4.65. The molecule has 124 valence electrons. The maximum absolute atomic E-state index is 4.62. The summed E-state index contributed by atoms with van der Waals surface area (Å²) in [5, 5.41) is 2.66. The van der Waals surface area contributed by atoms with E-state index in [2.05, 4.69) is 66.9 Å². The largest absolute Gasteiger partial charge is 0.261 e. The third kappa shape index (κ3) is 2.58. The van der Waals surface area contributed by atoms with Crippen LogP contribution in [0.4, 0.5) is 11.4 Å². The van der Waals surface area contributed by atoms with Gasteiger partial charge in [-0.25, -0.2) is 4.58 Å². The molecule has 0 saturated carbocycles. The lowest BCUT2D eigenvalue weighted by Gasteiger charge is -2.18. The van der Waals surface area contributed by atoms with Crippen molar-refractivity contribution in [2.75, 3.05) is 7.05 Å². The Morgan fingerprint density at radius 2 is 1.64 bits per heavy atom. The minimum absolute atomic E-state index is 0.00630. The van der Waals surface area contributed by atoms with E-state index in [-0.39, 0.29) is 5.41 Å². The maximum Gasteiger partial charge on any atom is 0.209 e. The van der Waals surface area contributed by atoms with Gasteiger partial charge in [-0.2, -0.15) is 0 Å². The van der Waals surface area contributed by atoms with E-state index < -0.39 is 0 Å². The molecule has 0 aromatic heterocycles. The Kier molecular flexibility index (Phi) is 3.76. The van der Waals surface area contributed by atoms with Crippen molar-refractivity contribution in [3.63, 3.8) is 0 Å². The highest BCUT2D eigenvalue weighted by molar-refractivity contribution is 6.06. The van der Waals surface area contributed by atoms with Gasteiger partial charge in [-0.3, -0.25) is 4.99 Å². The number of rotatable bonds is 3. The highest BCUT2D eigenvalue weighted by Gasteiger charge is 2.44. The van der Waals surface area contributed by atoms with E-state index in [4.69, 9.17) is 0 Å². The summed E-state index contributed by atoms with van der Waals surface area (Å²) in [6, 6.07) is 23.3. The molecule has 4 rings (SSSR count). The van der Waals surface area contributed by atoms with Crippen molar-refractivity contribution in [1.29, 1.82) is 0 Å². The van der Waals surface area contributed by atoms with Crippen LogP contribution in [0.5, 0.6) is 0 Å². The molecule has 0 N–H and O–H groups in total. The van der Waals surface area contributed by atoms with E-state index in [0.29, 0.717) is 0 Å². The molecule has 0 radical (unpaired) electrons. The van der Waals surface area contributed by atoms with Gasteiger partial charge in [0.2, 0.25) is 5.69 Å². The lowest BCUT2D eigenvalue weighted by molar-refractivity contribution is -0.403. The fourth-order valence-corrected chi connectivity index (χ4v) is 4.05. The van der Waals surface area contributed by atoms with Crippen molar-refractivity contribution in [1.82, 2.24) is 0 Å². The number of fused-ring (bicyclic) bond motifs is 3. The van der Waals surface area contributed by atoms with Gasteiger partial charge in [0.05, 0.1) is 17.5 Å². The van der Waals surface area contributed by atoms with Gasteiger partial charge in [0.15, 0.2) is 5.71 Å². The molecule has 2 nitrogen and oxygen atoms in total. The quantitative estimate of drug-likeness (QED) is 0.437. The molecule has 3 aromatic carbocycles. The van der Waals surface area contributed by atoms with E-state index in [1.165, 1.54) is 27.7 Å². The highest BCUT2D eigenvalue weighted by atomic mass is 15.0. The van der Waals surface area contributed by atoms with Crippen molar-refractivity contribution in [3.8, 4) is 0 Å². The summed E-state index contributed by atoms with van der Waals surface area (Å²) in [7, 11) is 2.17. The molecule has 0 spiro atoms. The molecule has 0 aliphatic carbocycles. The highest BCUT2D eigenvalue weighted by Crippen LogP contribution is 2.43. The van der Waals surface area contributed by atoms with Crippen LogP contribution in [0, 0.1) is 0 Å². The van der Waals surface area contributed by atoms with Crippen LogP contribution in [0.25, 0.3) is 10.8 Å². The molecule has 0 fully saturated rings. The third-order valence-corrected chi connectivity index (χ3v) is 5.30. The second-order valence-corrected chi connectivity index (χ2v) is 7.16. The minimum Gasteiger partial charge on any atom is -0.261 e. The summed E-state index contributed by atoms with van der Waals surface area (Å²) in [5.41, 5.74) is 5.12. The summed E-state index contributed by atoms with van der Waals surface area (Å²) in [6.07, 6.45) is 2.89. The number of para-hydroxylation sites is 1. The molecule has 0 saturated heterocycles. The standard InChI is InChI=1S/C23H23N2/c1-23(2)21(15-16-24-18-10-5-4-6-11-18)25(3)20-14-13-17-9-7-8-12-19(17)22(20)23/h4-14,16H,15H2,1-3H3/q+1. The van der Waals surface area contributed by atoms with Crippen molar-refractivity contribution in [2.45, 2.75) is 25.7 Å². The molecule has 1 aliphatic rings. The van der Waals surface area contributed by atoms with Crippen LogP contribution in [0.15, 0.2) is 71.7 Å². The summed E-state index contributed by atoms with van der Waals surface area (Å²) in [4.78, 5) is 4.62. The first-order chi connectivity index (χ1) is 12.1. The van der Waals surface area contributed by atoms with Gasteiger partial charge >= 0.3 is 0 Å². The summed E-state index contributed by atoms with van der Waals surface area (Å²) < 4.78 is 2.35. The lowest BCUT2D eigenvalue weighted by atomic mass is 9.78. The van der Waals surface area contributed by atoms with E-state index in [1.807, 2.05) is 36.5 Å². The number of aliphatic imine (C=N–C) groups is 1. The van der Waals surface area contributed by atoms with E-state index in [1.54, 1.807) is 0 Å². The monoisotopic (exact) mass is 327 g/mol. The average Bonchev–Trinajstić information content (AvgIpc) is 2.83. The zero-order valence-corrected chi connectivity index (χ0v) is 15.0. The third-order valence-electron chi connectivity index (χ3n) is 5.30. The molecule has 1 heterocycles. The minimum atomic E-state index is -0.00630. The van der Waals surface area contributed by atoms with Crippen molar-refractivity contribution >= 4 is 34.1 Å². The molecule has 0 amide bonds. The molecule has 25 heavy (non-hydrogen) atoms.